The fraction of sp³-hybridized carbons (Fsp3) is 0.429. The molecule has 29 heavy (non-hydrogen) atoms. The van der Waals surface area contributed by atoms with E-state index in [0.29, 0.717) is 6.04 Å². The number of hydrogen-bond acceptors (Lipinski definition) is 6. The Morgan fingerprint density at radius 2 is 2.07 bits per heavy atom. The van der Waals surface area contributed by atoms with Crippen LogP contribution >= 0.6 is 23.1 Å². The molecule has 0 amide bonds. The highest BCUT2D eigenvalue weighted by Gasteiger charge is 2.25. The minimum absolute atomic E-state index is 0.0519. The molecule has 152 valence electrons. The summed E-state index contributed by atoms with van der Waals surface area (Å²) >= 11 is 3.39. The van der Waals surface area contributed by atoms with E-state index in [2.05, 4.69) is 39.2 Å². The van der Waals surface area contributed by atoms with Gasteiger partial charge in [0.15, 0.2) is 5.16 Å². The lowest BCUT2D eigenvalue weighted by atomic mass is 9.95. The Kier molecular flexibility index (Phi) is 6.30. The van der Waals surface area contributed by atoms with Gasteiger partial charge in [0.1, 0.15) is 5.82 Å². The third-order valence-corrected chi connectivity index (χ3v) is 7.41. The molecule has 1 atom stereocenters. The van der Waals surface area contributed by atoms with E-state index in [4.69, 9.17) is 0 Å². The van der Waals surface area contributed by atoms with Crippen LogP contribution < -0.4 is 0 Å². The number of benzene rings is 1. The highest BCUT2D eigenvalue weighted by atomic mass is 32.2. The molecule has 0 bridgehead atoms. The number of aromatic nitrogens is 3. The number of nitro benzene ring substituents is 1. The Morgan fingerprint density at radius 1 is 1.24 bits per heavy atom. The standard InChI is InChI=1S/C21H24N4O2S2/c1-15(16-7-5-10-18(13-16)25(26)27)29-21-23-22-20(14-19-11-6-12-28-19)24(21)17-8-3-2-4-9-17/h5-7,10-13,15,17H,2-4,8-9,14H2,1H3. The van der Waals surface area contributed by atoms with Gasteiger partial charge in [0.05, 0.1) is 4.92 Å². The minimum Gasteiger partial charge on any atom is -0.303 e. The number of thiophene rings is 1. The summed E-state index contributed by atoms with van der Waals surface area (Å²) in [6.07, 6.45) is 6.90. The van der Waals surface area contributed by atoms with Gasteiger partial charge >= 0.3 is 0 Å². The highest BCUT2D eigenvalue weighted by molar-refractivity contribution is 7.99. The van der Waals surface area contributed by atoms with E-state index >= 15 is 0 Å². The molecule has 3 aromatic rings. The largest absolute Gasteiger partial charge is 0.303 e. The zero-order chi connectivity index (χ0) is 20.2. The Balaban J connectivity index is 1.61. The molecule has 1 aliphatic carbocycles. The third kappa shape index (κ3) is 4.70. The normalized spacial score (nSPS) is 16.0. The van der Waals surface area contributed by atoms with Gasteiger partial charge in [-0.05, 0) is 36.8 Å². The highest BCUT2D eigenvalue weighted by Crippen LogP contribution is 2.39. The molecule has 2 aromatic heterocycles. The molecule has 1 unspecified atom stereocenters. The Hall–Kier alpha value is -2.19. The molecule has 2 heterocycles. The summed E-state index contributed by atoms with van der Waals surface area (Å²) in [6.45, 7) is 2.07. The van der Waals surface area contributed by atoms with E-state index < -0.39 is 0 Å². The molecule has 8 heteroatoms. The first kappa shape index (κ1) is 20.1. The molecule has 0 radical (unpaired) electrons. The van der Waals surface area contributed by atoms with Crippen LogP contribution in [-0.4, -0.2) is 19.7 Å². The van der Waals surface area contributed by atoms with Gasteiger partial charge in [0, 0.05) is 34.7 Å². The van der Waals surface area contributed by atoms with Crippen LogP contribution in [0.4, 0.5) is 5.69 Å². The lowest BCUT2D eigenvalue weighted by Gasteiger charge is -2.26. The first-order valence-corrected chi connectivity index (χ1v) is 11.7. The van der Waals surface area contributed by atoms with Crippen molar-refractivity contribution in [1.82, 2.24) is 14.8 Å². The SMILES string of the molecule is CC(Sc1nnc(Cc2cccs2)n1C1CCCCC1)c1cccc([N+](=O)[O-])c1. The first-order chi connectivity index (χ1) is 14.1. The second kappa shape index (κ2) is 9.09. The molecule has 1 fully saturated rings. The molecule has 4 rings (SSSR count). The van der Waals surface area contributed by atoms with Crippen LogP contribution in [0.3, 0.4) is 0 Å². The quantitative estimate of drug-likeness (QED) is 0.254. The van der Waals surface area contributed by atoms with Crippen LogP contribution in [0.25, 0.3) is 0 Å². The molecule has 0 saturated heterocycles. The van der Waals surface area contributed by atoms with E-state index in [0.717, 1.165) is 35.8 Å². The molecule has 0 spiro atoms. The van der Waals surface area contributed by atoms with Gasteiger partial charge in [-0.2, -0.15) is 0 Å². The van der Waals surface area contributed by atoms with Gasteiger partial charge < -0.3 is 4.57 Å². The predicted octanol–water partition coefficient (Wildman–Crippen LogP) is 6.20. The topological polar surface area (TPSA) is 73.8 Å². The van der Waals surface area contributed by atoms with Crippen molar-refractivity contribution in [3.05, 3.63) is 68.2 Å². The van der Waals surface area contributed by atoms with Crippen molar-refractivity contribution < 1.29 is 4.92 Å². The van der Waals surface area contributed by atoms with Crippen LogP contribution in [0.1, 0.15) is 66.6 Å². The summed E-state index contributed by atoms with van der Waals surface area (Å²) in [5.41, 5.74) is 1.06. The number of rotatable bonds is 7. The summed E-state index contributed by atoms with van der Waals surface area (Å²) in [5, 5.41) is 23.3. The molecule has 0 aliphatic heterocycles. The molecule has 6 nitrogen and oxygen atoms in total. The fourth-order valence-corrected chi connectivity index (χ4v) is 5.66. The fourth-order valence-electron chi connectivity index (χ4n) is 3.90. The summed E-state index contributed by atoms with van der Waals surface area (Å²) in [7, 11) is 0. The maximum absolute atomic E-state index is 11.1. The maximum Gasteiger partial charge on any atom is 0.269 e. The van der Waals surface area contributed by atoms with Crippen molar-refractivity contribution in [1.29, 1.82) is 0 Å². The number of non-ortho nitro benzene ring substituents is 1. The van der Waals surface area contributed by atoms with E-state index in [9.17, 15) is 10.1 Å². The minimum atomic E-state index is -0.343. The predicted molar refractivity (Wildman–Crippen MR) is 117 cm³/mol. The van der Waals surface area contributed by atoms with Gasteiger partial charge in [0.2, 0.25) is 0 Å². The number of nitrogens with zero attached hydrogens (tertiary/aromatic N) is 4. The lowest BCUT2D eigenvalue weighted by molar-refractivity contribution is -0.384. The van der Waals surface area contributed by atoms with Gasteiger partial charge in [0.25, 0.3) is 5.69 Å². The van der Waals surface area contributed by atoms with E-state index in [-0.39, 0.29) is 15.9 Å². The van der Waals surface area contributed by atoms with Gasteiger partial charge in [-0.15, -0.1) is 21.5 Å². The number of nitro groups is 1. The van der Waals surface area contributed by atoms with E-state index in [1.54, 1.807) is 35.2 Å². The number of thioether (sulfide) groups is 1. The summed E-state index contributed by atoms with van der Waals surface area (Å²) in [4.78, 5) is 12.1. The first-order valence-electron chi connectivity index (χ1n) is 9.99. The lowest BCUT2D eigenvalue weighted by Crippen LogP contribution is -2.17. The van der Waals surface area contributed by atoms with Gasteiger partial charge in [-0.25, -0.2) is 0 Å². The molecule has 0 N–H and O–H groups in total. The van der Waals surface area contributed by atoms with Crippen molar-refractivity contribution in [3.63, 3.8) is 0 Å². The summed E-state index contributed by atoms with van der Waals surface area (Å²) < 4.78 is 2.34. The monoisotopic (exact) mass is 428 g/mol. The van der Waals surface area contributed by atoms with Crippen LogP contribution in [0.5, 0.6) is 0 Å². The molecule has 1 aromatic carbocycles. The zero-order valence-electron chi connectivity index (χ0n) is 16.4. The molecule has 1 aliphatic rings. The van der Waals surface area contributed by atoms with E-state index in [1.165, 1.54) is 30.2 Å². The van der Waals surface area contributed by atoms with Gasteiger partial charge in [-0.3, -0.25) is 10.1 Å². The third-order valence-electron chi connectivity index (χ3n) is 5.42. The second-order valence-electron chi connectivity index (χ2n) is 7.43. The molecular formula is C21H24N4O2S2. The smallest absolute Gasteiger partial charge is 0.269 e. The second-order valence-corrected chi connectivity index (χ2v) is 9.77. The van der Waals surface area contributed by atoms with Crippen LogP contribution in [-0.2, 0) is 6.42 Å². The van der Waals surface area contributed by atoms with Crippen LogP contribution in [0, 0.1) is 10.1 Å². The average molecular weight is 429 g/mol. The van der Waals surface area contributed by atoms with Crippen LogP contribution in [0.15, 0.2) is 46.9 Å². The van der Waals surface area contributed by atoms with Crippen molar-refractivity contribution in [2.45, 2.75) is 61.9 Å². The Labute approximate surface area is 178 Å². The average Bonchev–Trinajstić information content (AvgIpc) is 3.39. The summed E-state index contributed by atoms with van der Waals surface area (Å²) in [6, 6.07) is 11.5. The number of hydrogen-bond donors (Lipinski definition) is 0. The zero-order valence-corrected chi connectivity index (χ0v) is 18.0. The summed E-state index contributed by atoms with van der Waals surface area (Å²) in [5.74, 6) is 1.02. The Morgan fingerprint density at radius 3 is 2.79 bits per heavy atom. The van der Waals surface area contributed by atoms with Crippen molar-refractivity contribution in [3.8, 4) is 0 Å². The maximum atomic E-state index is 11.1. The van der Waals surface area contributed by atoms with Gasteiger partial charge in [-0.1, -0.05) is 49.2 Å². The van der Waals surface area contributed by atoms with Crippen molar-refractivity contribution >= 4 is 28.8 Å². The molecule has 1 saturated carbocycles. The van der Waals surface area contributed by atoms with Crippen molar-refractivity contribution in [2.75, 3.05) is 0 Å². The van der Waals surface area contributed by atoms with Crippen LogP contribution in [0.2, 0.25) is 0 Å². The Bertz CT molecular complexity index is 965. The molecular weight excluding hydrogens is 404 g/mol. The van der Waals surface area contributed by atoms with Crippen molar-refractivity contribution in [2.24, 2.45) is 0 Å². The van der Waals surface area contributed by atoms with E-state index in [1.807, 2.05) is 6.07 Å².